The van der Waals surface area contributed by atoms with Crippen molar-refractivity contribution in [2.45, 2.75) is 153 Å². The quantitative estimate of drug-likeness (QED) is 0.165. The number of nitrogens with one attached hydrogen (secondary N) is 2. The van der Waals surface area contributed by atoms with E-state index in [0.29, 0.717) is 43.9 Å². The summed E-state index contributed by atoms with van der Waals surface area (Å²) in [6.45, 7) is 15.1. The van der Waals surface area contributed by atoms with E-state index in [-0.39, 0.29) is 36.4 Å². The molecule has 13 nitrogen and oxygen atoms in total. The summed E-state index contributed by atoms with van der Waals surface area (Å²) in [5.41, 5.74) is 0.825. The number of fused-ring (bicyclic) bond motifs is 1. The lowest BCUT2D eigenvalue weighted by Crippen LogP contribution is -2.60. The van der Waals surface area contributed by atoms with Gasteiger partial charge in [-0.1, -0.05) is 62.7 Å². The summed E-state index contributed by atoms with van der Waals surface area (Å²) in [6, 6.07) is 15.6. The Hall–Kier alpha value is -2.66. The molecular formula is C48H73ClN4O9. The predicted molar refractivity (Wildman–Crippen MR) is 241 cm³/mol. The molecule has 0 spiro atoms. The van der Waals surface area contributed by atoms with Crippen LogP contribution in [0.5, 0.6) is 0 Å². The summed E-state index contributed by atoms with van der Waals surface area (Å²) in [6.07, 6.45) is -2.00. The molecule has 0 saturated carbocycles. The molecule has 1 amide bonds. The zero-order valence-corrected chi connectivity index (χ0v) is 39.2. The van der Waals surface area contributed by atoms with E-state index >= 15 is 0 Å². The van der Waals surface area contributed by atoms with Gasteiger partial charge in [0.15, 0.2) is 12.6 Å². The molecule has 0 aliphatic carbocycles. The van der Waals surface area contributed by atoms with Crippen molar-refractivity contribution in [2.75, 3.05) is 40.8 Å². The number of aliphatic hydroxyl groups excluding tert-OH is 2. The SMILES string of the molecule is CO[C@]1(C)C[C@H](O[C@H]2[C@H](C)[C@@H](O[C@@H]3O[C@H](C)C[C@H](N(C)C)[C@H]3O)[C@](C)(O)C[C@@H](C)CN(CCc3ccc(Cl)cc3)CC(Cc3c[nH]c4ccccc34)NC(=O)[C@@H]2C)O[C@@H](C)[C@@H]1O. The van der Waals surface area contributed by atoms with E-state index in [1.165, 1.54) is 0 Å². The fourth-order valence-corrected chi connectivity index (χ4v) is 10.4. The molecule has 5 N–H and O–H groups in total. The van der Waals surface area contributed by atoms with Crippen LogP contribution in [0.15, 0.2) is 54.7 Å². The number of amides is 1. The lowest BCUT2D eigenvalue weighted by molar-refractivity contribution is -0.317. The van der Waals surface area contributed by atoms with Gasteiger partial charge in [-0.2, -0.15) is 0 Å². The van der Waals surface area contributed by atoms with Gasteiger partial charge in [0.1, 0.15) is 12.2 Å². The Morgan fingerprint density at radius 1 is 0.968 bits per heavy atom. The molecule has 3 aromatic rings. The second-order valence-electron chi connectivity index (χ2n) is 19.4. The van der Waals surface area contributed by atoms with Gasteiger partial charge in [0.2, 0.25) is 5.91 Å². The van der Waals surface area contributed by atoms with E-state index in [9.17, 15) is 20.1 Å². The first-order chi connectivity index (χ1) is 29.3. The molecule has 4 heterocycles. The highest BCUT2D eigenvalue weighted by molar-refractivity contribution is 6.30. The van der Waals surface area contributed by atoms with Gasteiger partial charge in [-0.3, -0.25) is 4.79 Å². The van der Waals surface area contributed by atoms with Crippen LogP contribution in [0.3, 0.4) is 0 Å². The minimum Gasteiger partial charge on any atom is -0.387 e. The van der Waals surface area contributed by atoms with Crippen molar-refractivity contribution >= 4 is 28.4 Å². The van der Waals surface area contributed by atoms with Gasteiger partial charge in [-0.25, -0.2) is 0 Å². The maximum absolute atomic E-state index is 15.0. The third kappa shape index (κ3) is 11.6. The number of carbonyl (C=O) groups is 1. The van der Waals surface area contributed by atoms with E-state index < -0.39 is 66.1 Å². The number of nitrogens with zero attached hydrogens (tertiary/aromatic N) is 2. The second-order valence-corrected chi connectivity index (χ2v) is 19.8. The molecule has 6 rings (SSSR count). The van der Waals surface area contributed by atoms with Crippen LogP contribution in [0.2, 0.25) is 5.02 Å². The molecule has 62 heavy (non-hydrogen) atoms. The molecule has 2 aromatic carbocycles. The zero-order chi connectivity index (χ0) is 45.1. The third-order valence-electron chi connectivity index (χ3n) is 13.8. The lowest BCUT2D eigenvalue weighted by Gasteiger charge is -2.48. The molecule has 0 bridgehead atoms. The minimum absolute atomic E-state index is 0.0347. The monoisotopic (exact) mass is 885 g/mol. The molecule has 3 saturated heterocycles. The van der Waals surface area contributed by atoms with Crippen LogP contribution in [-0.4, -0.2) is 149 Å². The number of aromatic nitrogens is 1. The summed E-state index contributed by atoms with van der Waals surface area (Å²) in [5, 5.41) is 40.9. The Morgan fingerprint density at radius 2 is 1.68 bits per heavy atom. The molecule has 14 heteroatoms. The van der Waals surface area contributed by atoms with Crippen molar-refractivity contribution in [3.63, 3.8) is 0 Å². The molecule has 346 valence electrons. The highest BCUT2D eigenvalue weighted by Crippen LogP contribution is 2.39. The molecule has 1 aromatic heterocycles. The summed E-state index contributed by atoms with van der Waals surface area (Å²) >= 11 is 6.25. The van der Waals surface area contributed by atoms with Crippen molar-refractivity contribution < 1.29 is 43.8 Å². The Balaban J connectivity index is 1.40. The summed E-state index contributed by atoms with van der Waals surface area (Å²) in [5.74, 6) is -1.67. The van der Waals surface area contributed by atoms with Crippen LogP contribution >= 0.6 is 11.6 Å². The molecule has 3 aliphatic rings. The van der Waals surface area contributed by atoms with Crippen LogP contribution in [-0.2, 0) is 41.3 Å². The minimum atomic E-state index is -1.48. The maximum atomic E-state index is 15.0. The van der Waals surface area contributed by atoms with E-state index in [2.05, 4.69) is 34.3 Å². The number of aromatic amines is 1. The van der Waals surface area contributed by atoms with Crippen LogP contribution in [0.1, 0.15) is 78.9 Å². The maximum Gasteiger partial charge on any atom is 0.225 e. The number of hydrogen-bond donors (Lipinski definition) is 5. The van der Waals surface area contributed by atoms with E-state index in [1.54, 1.807) is 21.0 Å². The fraction of sp³-hybridized carbons (Fsp3) is 0.688. The van der Waals surface area contributed by atoms with Gasteiger partial charge in [0, 0.05) is 73.3 Å². The second kappa shape index (κ2) is 20.7. The Kier molecular flexibility index (Phi) is 16.3. The average molecular weight is 886 g/mol. The molecule has 0 radical (unpaired) electrons. The number of rotatable bonds is 11. The Morgan fingerprint density at radius 3 is 2.37 bits per heavy atom. The van der Waals surface area contributed by atoms with Crippen LogP contribution < -0.4 is 5.32 Å². The van der Waals surface area contributed by atoms with E-state index in [4.69, 9.17) is 35.3 Å². The average Bonchev–Trinajstić information content (AvgIpc) is 3.62. The van der Waals surface area contributed by atoms with Crippen molar-refractivity contribution in [3.05, 3.63) is 70.9 Å². The number of benzene rings is 2. The first-order valence-electron chi connectivity index (χ1n) is 22.5. The molecular weight excluding hydrogens is 812 g/mol. The number of ether oxygens (including phenoxy) is 5. The number of aliphatic hydroxyl groups is 3. The molecule has 15 atom stereocenters. The normalized spacial score (nSPS) is 38.3. The van der Waals surface area contributed by atoms with Gasteiger partial charge in [-0.15, -0.1) is 0 Å². The van der Waals surface area contributed by atoms with Crippen LogP contribution in [0, 0.1) is 17.8 Å². The molecule has 3 fully saturated rings. The Bertz CT molecular complexity index is 1900. The number of methoxy groups -OCH3 is 1. The van der Waals surface area contributed by atoms with Crippen molar-refractivity contribution in [1.29, 1.82) is 0 Å². The van der Waals surface area contributed by atoms with Crippen LogP contribution in [0.25, 0.3) is 10.9 Å². The zero-order valence-electron chi connectivity index (χ0n) is 38.4. The summed E-state index contributed by atoms with van der Waals surface area (Å²) in [7, 11) is 5.40. The number of halogens is 1. The topological polar surface area (TPSA) is 158 Å². The van der Waals surface area contributed by atoms with E-state index in [0.717, 1.165) is 28.5 Å². The number of H-pyrrole nitrogens is 1. The standard InChI is InChI=1S/C48H73ClN4O9/c1-28-23-47(6,57)44(62-46-41(54)39(52(8)9)21-29(2)59-46)30(3)42(61-40-24-48(7,58-10)43(55)32(5)60-40)31(4)45(56)51-36(22-34-25-50-38-14-12-11-13-37(34)38)27-53(26-28)20-19-33-15-17-35(49)18-16-33/h11-18,25,28-32,36,39-44,46,50,54-55,57H,19-24,26-27H2,1-10H3,(H,51,56)/t28-,29-,30+,31-,32+,36?,39+,40+,41-,42+,43+,44-,46+,47-,48-/m1/s1. The van der Waals surface area contributed by atoms with Crippen molar-refractivity contribution in [3.8, 4) is 0 Å². The van der Waals surface area contributed by atoms with Gasteiger partial charge in [-0.05, 0) is 103 Å². The summed E-state index contributed by atoms with van der Waals surface area (Å²) in [4.78, 5) is 22.7. The number of likely N-dealkylation sites (N-methyl/N-ethyl adjacent to an activating group) is 1. The van der Waals surface area contributed by atoms with Gasteiger partial charge < -0.3 is 59.1 Å². The van der Waals surface area contributed by atoms with Gasteiger partial charge in [0.05, 0.1) is 41.5 Å². The van der Waals surface area contributed by atoms with Crippen molar-refractivity contribution in [2.24, 2.45) is 17.8 Å². The van der Waals surface area contributed by atoms with Gasteiger partial charge in [0.25, 0.3) is 0 Å². The lowest BCUT2D eigenvalue weighted by atomic mass is 9.77. The number of para-hydroxylation sites is 1. The smallest absolute Gasteiger partial charge is 0.225 e. The third-order valence-corrected chi connectivity index (χ3v) is 14.0. The first kappa shape index (κ1) is 48.8. The van der Waals surface area contributed by atoms with E-state index in [1.807, 2.05) is 89.3 Å². The first-order valence-corrected chi connectivity index (χ1v) is 22.9. The Labute approximate surface area is 373 Å². The predicted octanol–water partition coefficient (Wildman–Crippen LogP) is 5.55. The molecule has 1 unspecified atom stereocenters. The number of carbonyl (C=O) groups excluding carboxylic acids is 1. The van der Waals surface area contributed by atoms with Crippen LogP contribution in [0.4, 0.5) is 0 Å². The van der Waals surface area contributed by atoms with Crippen molar-refractivity contribution in [1.82, 2.24) is 20.1 Å². The number of hydrogen-bond acceptors (Lipinski definition) is 11. The largest absolute Gasteiger partial charge is 0.387 e. The molecule has 3 aliphatic heterocycles. The highest BCUT2D eigenvalue weighted by Gasteiger charge is 2.51. The highest BCUT2D eigenvalue weighted by atomic mass is 35.5. The van der Waals surface area contributed by atoms with Gasteiger partial charge >= 0.3 is 0 Å². The fourth-order valence-electron chi connectivity index (χ4n) is 10.3. The summed E-state index contributed by atoms with van der Waals surface area (Å²) < 4.78 is 32.3.